The van der Waals surface area contributed by atoms with Gasteiger partial charge in [-0.15, -0.1) is 0 Å². The fourth-order valence-electron chi connectivity index (χ4n) is 2.32. The van der Waals surface area contributed by atoms with Crippen LogP contribution in [0.3, 0.4) is 0 Å². The van der Waals surface area contributed by atoms with Crippen molar-refractivity contribution in [2.45, 2.75) is 25.5 Å². The molecule has 1 aliphatic rings. The lowest BCUT2D eigenvalue weighted by Gasteiger charge is -2.21. The molecule has 0 aromatic heterocycles. The fraction of sp³-hybridized carbons (Fsp3) is 0.429. The van der Waals surface area contributed by atoms with Crippen LogP contribution in [0.15, 0.2) is 18.2 Å². The van der Waals surface area contributed by atoms with Crippen molar-refractivity contribution in [1.82, 2.24) is 10.2 Å². The van der Waals surface area contributed by atoms with E-state index in [0.29, 0.717) is 35.3 Å². The molecule has 1 aromatic carbocycles. The Morgan fingerprint density at radius 1 is 1.41 bits per heavy atom. The fourth-order valence-corrected chi connectivity index (χ4v) is 2.60. The van der Waals surface area contributed by atoms with E-state index in [1.807, 2.05) is 0 Å². The van der Waals surface area contributed by atoms with Crippen molar-refractivity contribution in [3.63, 3.8) is 0 Å². The molecule has 3 N–H and O–H groups in total. The summed E-state index contributed by atoms with van der Waals surface area (Å²) in [4.78, 5) is 24.6. The van der Waals surface area contributed by atoms with Crippen molar-refractivity contribution >= 4 is 35.1 Å². The molecule has 1 heterocycles. The van der Waals surface area contributed by atoms with Crippen LogP contribution < -0.4 is 15.8 Å². The van der Waals surface area contributed by atoms with E-state index in [4.69, 9.17) is 33.7 Å². The summed E-state index contributed by atoms with van der Waals surface area (Å²) in [5, 5.41) is 3.25. The first-order chi connectivity index (χ1) is 10.4. The standard InChI is InChI=1S/C14H17Cl2N3O3/c1-8(18-14(17)21)13(20)19-5-4-10(7-19)22-9-2-3-11(15)12(16)6-9/h2-3,6,8,10H,4-5,7H2,1H3,(H3,17,18,21)/t8-,10?/m0/s1. The Labute approximate surface area is 138 Å². The second kappa shape index (κ2) is 7.07. The molecule has 1 aromatic rings. The number of benzene rings is 1. The lowest BCUT2D eigenvalue weighted by atomic mass is 10.3. The van der Waals surface area contributed by atoms with Gasteiger partial charge in [-0.3, -0.25) is 4.79 Å². The van der Waals surface area contributed by atoms with Crippen molar-refractivity contribution in [3.8, 4) is 5.75 Å². The van der Waals surface area contributed by atoms with Crippen LogP contribution in [0, 0.1) is 0 Å². The molecule has 0 radical (unpaired) electrons. The summed E-state index contributed by atoms with van der Waals surface area (Å²) >= 11 is 11.8. The third-order valence-electron chi connectivity index (χ3n) is 3.38. The van der Waals surface area contributed by atoms with Gasteiger partial charge in [0.2, 0.25) is 5.91 Å². The minimum absolute atomic E-state index is 0.123. The van der Waals surface area contributed by atoms with Crippen LogP contribution in [0.5, 0.6) is 5.75 Å². The molecule has 0 bridgehead atoms. The Bertz CT molecular complexity index is 582. The van der Waals surface area contributed by atoms with Gasteiger partial charge in [0.15, 0.2) is 0 Å². The maximum atomic E-state index is 12.1. The first kappa shape index (κ1) is 16.7. The predicted molar refractivity (Wildman–Crippen MR) is 84.3 cm³/mol. The quantitative estimate of drug-likeness (QED) is 0.875. The highest BCUT2D eigenvalue weighted by Crippen LogP contribution is 2.28. The van der Waals surface area contributed by atoms with Crippen molar-refractivity contribution in [3.05, 3.63) is 28.2 Å². The number of hydrogen-bond donors (Lipinski definition) is 2. The number of amides is 3. The summed E-state index contributed by atoms with van der Waals surface area (Å²) < 4.78 is 5.80. The number of halogens is 2. The highest BCUT2D eigenvalue weighted by molar-refractivity contribution is 6.42. The van der Waals surface area contributed by atoms with Gasteiger partial charge in [-0.1, -0.05) is 23.2 Å². The monoisotopic (exact) mass is 345 g/mol. The number of carbonyl (C=O) groups excluding carboxylic acids is 2. The van der Waals surface area contributed by atoms with E-state index in [-0.39, 0.29) is 12.0 Å². The molecular weight excluding hydrogens is 329 g/mol. The van der Waals surface area contributed by atoms with Gasteiger partial charge in [-0.2, -0.15) is 0 Å². The number of urea groups is 1. The number of likely N-dealkylation sites (tertiary alicyclic amines) is 1. The molecule has 8 heteroatoms. The van der Waals surface area contributed by atoms with E-state index in [2.05, 4.69) is 5.32 Å². The van der Waals surface area contributed by atoms with Crippen LogP contribution in [0.1, 0.15) is 13.3 Å². The number of ether oxygens (including phenoxy) is 1. The van der Waals surface area contributed by atoms with E-state index in [1.54, 1.807) is 30.0 Å². The molecule has 22 heavy (non-hydrogen) atoms. The summed E-state index contributed by atoms with van der Waals surface area (Å²) in [5.74, 6) is 0.427. The Hall–Kier alpha value is -1.66. The summed E-state index contributed by atoms with van der Waals surface area (Å²) in [6.07, 6.45) is 0.580. The van der Waals surface area contributed by atoms with Gasteiger partial charge in [-0.25, -0.2) is 4.79 Å². The molecule has 0 aliphatic carbocycles. The number of nitrogens with one attached hydrogen (secondary N) is 1. The van der Waals surface area contributed by atoms with Crippen LogP contribution in [0.4, 0.5) is 4.79 Å². The second-order valence-electron chi connectivity index (χ2n) is 5.12. The van der Waals surface area contributed by atoms with Crippen LogP contribution in [0.2, 0.25) is 10.0 Å². The normalized spacial score (nSPS) is 18.9. The Morgan fingerprint density at radius 3 is 2.77 bits per heavy atom. The van der Waals surface area contributed by atoms with Gasteiger partial charge >= 0.3 is 6.03 Å². The first-order valence-corrected chi connectivity index (χ1v) is 7.59. The van der Waals surface area contributed by atoms with Gasteiger partial charge in [0.25, 0.3) is 0 Å². The molecule has 1 unspecified atom stereocenters. The van der Waals surface area contributed by atoms with Gasteiger partial charge < -0.3 is 20.7 Å². The molecule has 3 amide bonds. The van der Waals surface area contributed by atoms with Gasteiger partial charge in [0, 0.05) is 19.0 Å². The molecule has 1 saturated heterocycles. The summed E-state index contributed by atoms with van der Waals surface area (Å²) in [6, 6.07) is 3.67. The molecule has 1 aliphatic heterocycles. The minimum atomic E-state index is -0.719. The summed E-state index contributed by atoms with van der Waals surface area (Å²) in [6.45, 7) is 2.61. The van der Waals surface area contributed by atoms with Crippen LogP contribution in [0.25, 0.3) is 0 Å². The summed E-state index contributed by atoms with van der Waals surface area (Å²) in [7, 11) is 0. The van der Waals surface area contributed by atoms with E-state index in [1.165, 1.54) is 0 Å². The summed E-state index contributed by atoms with van der Waals surface area (Å²) in [5.41, 5.74) is 5.02. The van der Waals surface area contributed by atoms with Crippen LogP contribution in [-0.4, -0.2) is 42.1 Å². The molecular formula is C14H17Cl2N3O3. The Balaban J connectivity index is 1.90. The molecule has 2 rings (SSSR count). The molecule has 120 valence electrons. The van der Waals surface area contributed by atoms with Gasteiger partial charge in [0.1, 0.15) is 17.9 Å². The lowest BCUT2D eigenvalue weighted by Crippen LogP contribution is -2.48. The van der Waals surface area contributed by atoms with Gasteiger partial charge in [-0.05, 0) is 19.1 Å². The Kier molecular flexibility index (Phi) is 5.37. The highest BCUT2D eigenvalue weighted by atomic mass is 35.5. The predicted octanol–water partition coefficient (Wildman–Crippen LogP) is 2.03. The average Bonchev–Trinajstić information content (AvgIpc) is 2.89. The smallest absolute Gasteiger partial charge is 0.312 e. The van der Waals surface area contributed by atoms with E-state index < -0.39 is 12.1 Å². The maximum Gasteiger partial charge on any atom is 0.312 e. The molecule has 0 saturated carbocycles. The third-order valence-corrected chi connectivity index (χ3v) is 4.12. The topological polar surface area (TPSA) is 84.7 Å². The van der Waals surface area contributed by atoms with Crippen molar-refractivity contribution in [2.75, 3.05) is 13.1 Å². The van der Waals surface area contributed by atoms with Crippen molar-refractivity contribution < 1.29 is 14.3 Å². The van der Waals surface area contributed by atoms with E-state index in [9.17, 15) is 9.59 Å². The minimum Gasteiger partial charge on any atom is -0.488 e. The number of nitrogens with zero attached hydrogens (tertiary/aromatic N) is 1. The SMILES string of the molecule is C[C@H](NC(N)=O)C(=O)N1CCC(Oc2ccc(Cl)c(Cl)c2)C1. The van der Waals surface area contributed by atoms with Crippen LogP contribution in [-0.2, 0) is 4.79 Å². The largest absolute Gasteiger partial charge is 0.488 e. The number of rotatable bonds is 4. The maximum absolute atomic E-state index is 12.1. The third kappa shape index (κ3) is 4.18. The highest BCUT2D eigenvalue weighted by Gasteiger charge is 2.30. The average molecular weight is 346 g/mol. The van der Waals surface area contributed by atoms with E-state index in [0.717, 1.165) is 0 Å². The lowest BCUT2D eigenvalue weighted by molar-refractivity contribution is -0.132. The van der Waals surface area contributed by atoms with Crippen molar-refractivity contribution in [2.24, 2.45) is 5.73 Å². The van der Waals surface area contributed by atoms with E-state index >= 15 is 0 Å². The molecule has 0 spiro atoms. The number of primary amides is 1. The molecule has 1 fully saturated rings. The molecule has 2 atom stereocenters. The number of nitrogens with two attached hydrogens (primary N) is 1. The number of hydrogen-bond acceptors (Lipinski definition) is 3. The zero-order chi connectivity index (χ0) is 16.3. The zero-order valence-electron chi connectivity index (χ0n) is 12.0. The second-order valence-corrected chi connectivity index (χ2v) is 5.93. The molecule has 6 nitrogen and oxygen atoms in total. The van der Waals surface area contributed by atoms with Crippen molar-refractivity contribution in [1.29, 1.82) is 0 Å². The zero-order valence-corrected chi connectivity index (χ0v) is 13.5. The van der Waals surface area contributed by atoms with Crippen LogP contribution >= 0.6 is 23.2 Å². The van der Waals surface area contributed by atoms with Gasteiger partial charge in [0.05, 0.1) is 16.6 Å². The Morgan fingerprint density at radius 2 is 2.14 bits per heavy atom. The number of carbonyl (C=O) groups is 2. The first-order valence-electron chi connectivity index (χ1n) is 6.83.